The molecule has 0 spiro atoms. The maximum atomic E-state index is 13.3. The van der Waals surface area contributed by atoms with Crippen LogP contribution >= 0.6 is 11.6 Å². The number of carbonyl (C=O) groups excluding carboxylic acids is 1. The van der Waals surface area contributed by atoms with Gasteiger partial charge in [-0.25, -0.2) is 4.39 Å². The third-order valence-corrected chi connectivity index (χ3v) is 6.57. The minimum atomic E-state index is -3.91. The number of carbonyl (C=O) groups is 1. The summed E-state index contributed by atoms with van der Waals surface area (Å²) in [5.41, 5.74) is 1.61. The van der Waals surface area contributed by atoms with E-state index < -0.39 is 34.0 Å². The number of nitrogens with zero attached hydrogens (tertiary/aromatic N) is 2. The van der Waals surface area contributed by atoms with Crippen LogP contribution in [0.5, 0.6) is 0 Å². The predicted octanol–water partition coefficient (Wildman–Crippen LogP) is 2.96. The normalized spacial score (nSPS) is 21.5. The summed E-state index contributed by atoms with van der Waals surface area (Å²) in [4.78, 5) is 23.1. The number of benzene rings is 2. The zero-order valence-corrected chi connectivity index (χ0v) is 16.9. The molecule has 29 heavy (non-hydrogen) atoms. The van der Waals surface area contributed by atoms with Gasteiger partial charge in [-0.1, -0.05) is 41.0 Å². The van der Waals surface area contributed by atoms with E-state index in [9.17, 15) is 22.5 Å². The van der Waals surface area contributed by atoms with Gasteiger partial charge in [0.25, 0.3) is 10.2 Å². The summed E-state index contributed by atoms with van der Waals surface area (Å²) < 4.78 is 41.8. The second kappa shape index (κ2) is 8.54. The third-order valence-electron chi connectivity index (χ3n) is 4.69. The number of nitroso groups, excluding NO2 is 1. The highest BCUT2D eigenvalue weighted by atomic mass is 35.5. The van der Waals surface area contributed by atoms with Gasteiger partial charge in [0.15, 0.2) is 0 Å². The topological polar surface area (TPSA) is 108 Å². The van der Waals surface area contributed by atoms with Crippen molar-refractivity contribution in [1.82, 2.24) is 9.03 Å². The Bertz CT molecular complexity index is 1030. The first-order valence-electron chi connectivity index (χ1n) is 8.60. The zero-order chi connectivity index (χ0) is 21.2. The Morgan fingerprint density at radius 1 is 1.31 bits per heavy atom. The molecule has 1 fully saturated rings. The molecule has 2 aromatic rings. The minimum absolute atomic E-state index is 0.0185. The monoisotopic (exact) mass is 440 g/mol. The number of anilines is 1. The lowest BCUT2D eigenvalue weighted by molar-refractivity contribution is -0.120. The van der Waals surface area contributed by atoms with Crippen LogP contribution in [0.25, 0.3) is 0 Å². The standard InChI is InChI=1S/C18H18ClFN4O4S/c1-24-17(18(25)22-13-6-7-15(20)14(19)8-13)9-16(23-29(24,27)28)12-4-2-11(3-5-12)10-21-26/h2-8,16-17,23H,9-10H2,1H3,(H,22,25). The quantitative estimate of drug-likeness (QED) is 0.697. The molecule has 154 valence electrons. The van der Waals surface area contributed by atoms with Gasteiger partial charge in [0.1, 0.15) is 18.4 Å². The van der Waals surface area contributed by atoms with E-state index in [-0.39, 0.29) is 23.7 Å². The molecule has 2 unspecified atom stereocenters. The molecule has 8 nitrogen and oxygen atoms in total. The van der Waals surface area contributed by atoms with Crippen LogP contribution in [0.3, 0.4) is 0 Å². The van der Waals surface area contributed by atoms with Gasteiger partial charge in [0, 0.05) is 18.8 Å². The fourth-order valence-corrected chi connectivity index (χ4v) is 4.51. The summed E-state index contributed by atoms with van der Waals surface area (Å²) in [5, 5.41) is 5.23. The fourth-order valence-electron chi connectivity index (χ4n) is 3.06. The molecule has 0 bridgehead atoms. The van der Waals surface area contributed by atoms with Crippen molar-refractivity contribution in [2.24, 2.45) is 5.18 Å². The lowest BCUT2D eigenvalue weighted by Crippen LogP contribution is -2.55. The number of halogens is 2. The Morgan fingerprint density at radius 3 is 2.62 bits per heavy atom. The largest absolute Gasteiger partial charge is 0.325 e. The van der Waals surface area contributed by atoms with Crippen molar-refractivity contribution >= 4 is 33.4 Å². The lowest BCUT2D eigenvalue weighted by Gasteiger charge is -2.36. The van der Waals surface area contributed by atoms with Crippen LogP contribution in [0.4, 0.5) is 10.1 Å². The summed E-state index contributed by atoms with van der Waals surface area (Å²) in [6.07, 6.45) is 0.168. The molecule has 0 saturated carbocycles. The molecule has 1 amide bonds. The lowest BCUT2D eigenvalue weighted by atomic mass is 9.98. The number of hydrogen-bond acceptors (Lipinski definition) is 5. The summed E-state index contributed by atoms with van der Waals surface area (Å²) in [7, 11) is -2.61. The first kappa shape index (κ1) is 21.3. The third kappa shape index (κ3) is 4.78. The van der Waals surface area contributed by atoms with Crippen LogP contribution < -0.4 is 10.0 Å². The Hall–Kier alpha value is -2.40. The van der Waals surface area contributed by atoms with Gasteiger partial charge < -0.3 is 5.32 Å². The van der Waals surface area contributed by atoms with Gasteiger partial charge in [0.2, 0.25) is 5.91 Å². The Balaban J connectivity index is 1.82. The molecular weight excluding hydrogens is 423 g/mol. The minimum Gasteiger partial charge on any atom is -0.325 e. The molecular formula is C18H18ClFN4O4S. The van der Waals surface area contributed by atoms with E-state index in [1.807, 2.05) is 0 Å². The number of likely N-dealkylation sites (N-methyl/N-ethyl adjacent to an activating group) is 1. The molecule has 0 radical (unpaired) electrons. The van der Waals surface area contributed by atoms with Crippen molar-refractivity contribution in [2.45, 2.75) is 25.0 Å². The van der Waals surface area contributed by atoms with Crippen LogP contribution in [0.15, 0.2) is 47.6 Å². The van der Waals surface area contributed by atoms with Crippen molar-refractivity contribution < 1.29 is 17.6 Å². The smallest absolute Gasteiger partial charge is 0.280 e. The number of amides is 1. The Morgan fingerprint density at radius 2 is 2.00 bits per heavy atom. The first-order chi connectivity index (χ1) is 13.7. The van der Waals surface area contributed by atoms with E-state index in [0.717, 1.165) is 10.4 Å². The molecule has 2 N–H and O–H groups in total. The van der Waals surface area contributed by atoms with Gasteiger partial charge in [-0.15, -0.1) is 0 Å². The Kier molecular flexibility index (Phi) is 6.27. The fraction of sp³-hybridized carbons (Fsp3) is 0.278. The Labute approximate surface area is 172 Å². The highest BCUT2D eigenvalue weighted by Crippen LogP contribution is 2.29. The molecule has 1 saturated heterocycles. The van der Waals surface area contributed by atoms with E-state index in [0.29, 0.717) is 11.1 Å². The first-order valence-corrected chi connectivity index (χ1v) is 10.4. The second-order valence-electron chi connectivity index (χ2n) is 6.59. The number of nitrogens with one attached hydrogen (secondary N) is 2. The molecule has 11 heteroatoms. The summed E-state index contributed by atoms with van der Waals surface area (Å²) in [5.74, 6) is -1.19. The summed E-state index contributed by atoms with van der Waals surface area (Å²) >= 11 is 5.73. The van der Waals surface area contributed by atoms with Crippen LogP contribution in [-0.4, -0.2) is 31.7 Å². The number of hydrogen-bond donors (Lipinski definition) is 2. The van der Waals surface area contributed by atoms with E-state index in [1.54, 1.807) is 24.3 Å². The molecule has 1 aliphatic rings. The molecule has 3 rings (SSSR count). The maximum absolute atomic E-state index is 13.3. The van der Waals surface area contributed by atoms with Crippen LogP contribution in [0.1, 0.15) is 23.6 Å². The SMILES string of the molecule is CN1C(C(=O)Nc2ccc(F)c(Cl)c2)CC(c2ccc(CN=O)cc2)NS1(=O)=O. The second-order valence-corrected chi connectivity index (χ2v) is 8.76. The van der Waals surface area contributed by atoms with Crippen LogP contribution in [0.2, 0.25) is 5.02 Å². The van der Waals surface area contributed by atoms with Crippen molar-refractivity contribution in [3.05, 3.63) is 69.3 Å². The molecule has 2 atom stereocenters. The molecule has 1 heterocycles. The van der Waals surface area contributed by atoms with Gasteiger partial charge in [-0.3, -0.25) is 4.79 Å². The van der Waals surface area contributed by atoms with E-state index in [2.05, 4.69) is 15.2 Å². The molecule has 1 aliphatic heterocycles. The van der Waals surface area contributed by atoms with E-state index in [4.69, 9.17) is 11.6 Å². The van der Waals surface area contributed by atoms with Crippen LogP contribution in [0, 0.1) is 10.7 Å². The summed E-state index contributed by atoms with van der Waals surface area (Å²) in [6, 6.07) is 8.81. The van der Waals surface area contributed by atoms with E-state index >= 15 is 0 Å². The van der Waals surface area contributed by atoms with Gasteiger partial charge in [0.05, 0.1) is 5.02 Å². The number of rotatable bonds is 5. The average molecular weight is 441 g/mol. The maximum Gasteiger partial charge on any atom is 0.280 e. The average Bonchev–Trinajstić information content (AvgIpc) is 2.67. The molecule has 0 aliphatic carbocycles. The van der Waals surface area contributed by atoms with Gasteiger partial charge >= 0.3 is 0 Å². The van der Waals surface area contributed by atoms with Crippen molar-refractivity contribution in [3.8, 4) is 0 Å². The molecule has 0 aromatic heterocycles. The summed E-state index contributed by atoms with van der Waals surface area (Å²) in [6.45, 7) is 0.0185. The van der Waals surface area contributed by atoms with Crippen LogP contribution in [-0.2, 0) is 21.5 Å². The van der Waals surface area contributed by atoms with Crippen molar-refractivity contribution in [1.29, 1.82) is 0 Å². The van der Waals surface area contributed by atoms with E-state index in [1.165, 1.54) is 19.2 Å². The zero-order valence-electron chi connectivity index (χ0n) is 15.3. The molecule has 2 aromatic carbocycles. The van der Waals surface area contributed by atoms with Gasteiger partial charge in [-0.05, 0) is 35.7 Å². The van der Waals surface area contributed by atoms with Crippen molar-refractivity contribution in [3.63, 3.8) is 0 Å². The highest BCUT2D eigenvalue weighted by molar-refractivity contribution is 7.87. The van der Waals surface area contributed by atoms with Gasteiger partial charge in [-0.2, -0.15) is 22.4 Å². The van der Waals surface area contributed by atoms with Crippen molar-refractivity contribution in [2.75, 3.05) is 12.4 Å². The highest BCUT2D eigenvalue weighted by Gasteiger charge is 2.40. The predicted molar refractivity (Wildman–Crippen MR) is 107 cm³/mol.